The fourth-order valence-corrected chi connectivity index (χ4v) is 5.37. The Kier molecular flexibility index (Phi) is 6.89. The van der Waals surface area contributed by atoms with Crippen LogP contribution in [0.5, 0.6) is 0 Å². The number of para-hydroxylation sites is 1. The molecule has 8 heteroatoms. The second-order valence-electron chi connectivity index (χ2n) is 8.82. The highest BCUT2D eigenvalue weighted by Crippen LogP contribution is 2.38. The number of rotatable bonds is 6. The van der Waals surface area contributed by atoms with E-state index < -0.39 is 12.0 Å². The molecule has 1 amide bonds. The molecule has 1 saturated heterocycles. The molecule has 0 radical (unpaired) electrons. The van der Waals surface area contributed by atoms with E-state index >= 15 is 0 Å². The molecule has 0 saturated carbocycles. The Morgan fingerprint density at radius 1 is 0.972 bits per heavy atom. The van der Waals surface area contributed by atoms with Gasteiger partial charge in [-0.2, -0.15) is 0 Å². The summed E-state index contributed by atoms with van der Waals surface area (Å²) in [5.41, 5.74) is 1.04. The molecule has 1 aliphatic heterocycles. The van der Waals surface area contributed by atoms with Gasteiger partial charge in [-0.05, 0) is 66.8 Å². The lowest BCUT2D eigenvalue weighted by Gasteiger charge is -2.39. The minimum Gasteiger partial charge on any atom is -0.385 e. The van der Waals surface area contributed by atoms with E-state index in [1.807, 2.05) is 42.5 Å². The van der Waals surface area contributed by atoms with Gasteiger partial charge in [0.05, 0.1) is 16.0 Å². The summed E-state index contributed by atoms with van der Waals surface area (Å²) in [4.78, 5) is 20.2. The third-order valence-corrected chi connectivity index (χ3v) is 7.47. The molecule has 2 heterocycles. The monoisotopic (exact) mass is 505 g/mol. The summed E-state index contributed by atoms with van der Waals surface area (Å²) < 4.78 is 30.2. The number of aliphatic hydroxyl groups is 1. The van der Waals surface area contributed by atoms with Crippen molar-refractivity contribution in [1.82, 2.24) is 9.88 Å². The maximum absolute atomic E-state index is 13.4. The highest BCUT2D eigenvalue weighted by atomic mass is 32.2. The van der Waals surface area contributed by atoms with Gasteiger partial charge in [0.25, 0.3) is 12.3 Å². The number of hydrogen-bond donors (Lipinski definition) is 2. The van der Waals surface area contributed by atoms with Crippen molar-refractivity contribution in [1.29, 1.82) is 0 Å². The SMILES string of the molecule is O=C(c1ccc(NSc2cccc3cccnc23)cc1)N1CCC(O)(c2ccccc2C(F)F)CC1. The fourth-order valence-electron chi connectivity index (χ4n) is 4.60. The molecule has 0 atom stereocenters. The lowest BCUT2D eigenvalue weighted by molar-refractivity contribution is -0.0239. The van der Waals surface area contributed by atoms with Crippen LogP contribution >= 0.6 is 11.9 Å². The van der Waals surface area contributed by atoms with Crippen LogP contribution in [0.2, 0.25) is 0 Å². The normalized spacial score (nSPS) is 15.3. The zero-order valence-electron chi connectivity index (χ0n) is 19.4. The maximum Gasteiger partial charge on any atom is 0.264 e. The van der Waals surface area contributed by atoms with Crippen molar-refractivity contribution in [2.45, 2.75) is 29.8 Å². The number of likely N-dealkylation sites (tertiary alicyclic amines) is 1. The summed E-state index contributed by atoms with van der Waals surface area (Å²) in [5, 5.41) is 12.2. The molecule has 1 fully saturated rings. The number of pyridine rings is 1. The summed E-state index contributed by atoms with van der Waals surface area (Å²) in [6.07, 6.45) is -0.478. The minimum atomic E-state index is -2.66. The number of alkyl halides is 2. The first-order valence-electron chi connectivity index (χ1n) is 11.7. The molecular weight excluding hydrogens is 480 g/mol. The number of nitrogens with zero attached hydrogens (tertiary/aromatic N) is 2. The maximum atomic E-state index is 13.4. The van der Waals surface area contributed by atoms with Crippen molar-refractivity contribution in [2.75, 3.05) is 17.8 Å². The second kappa shape index (κ2) is 10.2. The zero-order chi connectivity index (χ0) is 25.1. The largest absolute Gasteiger partial charge is 0.385 e. The van der Waals surface area contributed by atoms with Gasteiger partial charge in [0.15, 0.2) is 0 Å². The van der Waals surface area contributed by atoms with Gasteiger partial charge in [0.1, 0.15) is 0 Å². The Hall–Kier alpha value is -3.49. The summed E-state index contributed by atoms with van der Waals surface area (Å²) >= 11 is 1.46. The molecule has 184 valence electrons. The van der Waals surface area contributed by atoms with Gasteiger partial charge >= 0.3 is 0 Å². The lowest BCUT2D eigenvalue weighted by Crippen LogP contribution is -2.45. The summed E-state index contributed by atoms with van der Waals surface area (Å²) in [6, 6.07) is 23.3. The first kappa shape index (κ1) is 24.2. The van der Waals surface area contributed by atoms with E-state index in [0.717, 1.165) is 21.5 Å². The van der Waals surface area contributed by atoms with E-state index in [1.54, 1.807) is 41.4 Å². The van der Waals surface area contributed by atoms with Gasteiger partial charge in [-0.1, -0.05) is 42.5 Å². The molecular formula is C28H25F2N3O2S. The van der Waals surface area contributed by atoms with Crippen molar-refractivity contribution < 1.29 is 18.7 Å². The molecule has 0 spiro atoms. The molecule has 0 unspecified atom stereocenters. The van der Waals surface area contributed by atoms with E-state index in [1.165, 1.54) is 18.0 Å². The fraction of sp³-hybridized carbons (Fsp3) is 0.214. The van der Waals surface area contributed by atoms with E-state index in [2.05, 4.69) is 9.71 Å². The summed E-state index contributed by atoms with van der Waals surface area (Å²) in [7, 11) is 0. The molecule has 2 N–H and O–H groups in total. The number of piperidine rings is 1. The van der Waals surface area contributed by atoms with Crippen LogP contribution in [-0.4, -0.2) is 34.0 Å². The molecule has 1 aliphatic rings. The van der Waals surface area contributed by atoms with Crippen LogP contribution in [0.3, 0.4) is 0 Å². The van der Waals surface area contributed by atoms with Gasteiger partial charge in [-0.3, -0.25) is 9.78 Å². The molecule has 5 nitrogen and oxygen atoms in total. The number of carbonyl (C=O) groups excluding carboxylic acids is 1. The standard InChI is InChI=1S/C28H25F2N3O2S/c29-26(30)22-7-1-2-8-23(22)28(35)14-17-33(18-15-28)27(34)20-10-12-21(13-11-20)32-36-24-9-3-5-19-6-4-16-31-25(19)24/h1-13,16,26,32,35H,14-15,17-18H2. The number of anilines is 1. The Bertz CT molecular complexity index is 1370. The quantitative estimate of drug-likeness (QED) is 0.296. The Morgan fingerprint density at radius 3 is 2.44 bits per heavy atom. The van der Waals surface area contributed by atoms with E-state index in [4.69, 9.17) is 0 Å². The number of halogens is 2. The molecule has 4 aromatic rings. The molecule has 0 bridgehead atoms. The third-order valence-electron chi connectivity index (χ3n) is 6.58. The van der Waals surface area contributed by atoms with Crippen LogP contribution in [-0.2, 0) is 5.60 Å². The van der Waals surface area contributed by atoms with Crippen molar-refractivity contribution in [3.05, 3.63) is 102 Å². The highest BCUT2D eigenvalue weighted by molar-refractivity contribution is 8.00. The van der Waals surface area contributed by atoms with Gasteiger partial charge in [0, 0.05) is 41.5 Å². The average molecular weight is 506 g/mol. The average Bonchev–Trinajstić information content (AvgIpc) is 2.92. The first-order valence-corrected chi connectivity index (χ1v) is 12.5. The minimum absolute atomic E-state index is 0.142. The number of amides is 1. The summed E-state index contributed by atoms with van der Waals surface area (Å²) in [5.74, 6) is -0.142. The molecule has 0 aliphatic carbocycles. The van der Waals surface area contributed by atoms with Gasteiger partial charge in [-0.25, -0.2) is 8.78 Å². The van der Waals surface area contributed by atoms with Crippen LogP contribution in [0.4, 0.5) is 14.5 Å². The Balaban J connectivity index is 1.21. The van der Waals surface area contributed by atoms with Crippen LogP contribution in [0.25, 0.3) is 10.9 Å². The van der Waals surface area contributed by atoms with Crippen LogP contribution in [0, 0.1) is 0 Å². The van der Waals surface area contributed by atoms with Crippen molar-refractivity contribution in [2.24, 2.45) is 0 Å². The summed E-state index contributed by atoms with van der Waals surface area (Å²) in [6.45, 7) is 0.577. The number of carbonyl (C=O) groups is 1. The zero-order valence-corrected chi connectivity index (χ0v) is 20.2. The van der Waals surface area contributed by atoms with E-state index in [9.17, 15) is 18.7 Å². The number of aromatic nitrogens is 1. The van der Waals surface area contributed by atoms with Crippen LogP contribution in [0.15, 0.2) is 90.0 Å². The molecule has 5 rings (SSSR count). The molecule has 1 aromatic heterocycles. The van der Waals surface area contributed by atoms with Gasteiger partial charge < -0.3 is 14.7 Å². The predicted octanol–water partition coefficient (Wildman–Crippen LogP) is 6.42. The molecule has 3 aromatic carbocycles. The lowest BCUT2D eigenvalue weighted by atomic mass is 9.82. The van der Waals surface area contributed by atoms with Crippen molar-refractivity contribution in [3.8, 4) is 0 Å². The number of nitrogens with one attached hydrogen (secondary N) is 1. The van der Waals surface area contributed by atoms with Crippen LogP contribution < -0.4 is 4.72 Å². The second-order valence-corrected chi connectivity index (χ2v) is 9.67. The van der Waals surface area contributed by atoms with E-state index in [-0.39, 0.29) is 43.0 Å². The Labute approximate surface area is 212 Å². The topological polar surface area (TPSA) is 65.5 Å². The Morgan fingerprint density at radius 2 is 1.69 bits per heavy atom. The molecule has 36 heavy (non-hydrogen) atoms. The number of fused-ring (bicyclic) bond motifs is 1. The smallest absolute Gasteiger partial charge is 0.264 e. The van der Waals surface area contributed by atoms with Crippen molar-refractivity contribution >= 4 is 34.4 Å². The third kappa shape index (κ3) is 4.92. The highest BCUT2D eigenvalue weighted by Gasteiger charge is 2.38. The van der Waals surface area contributed by atoms with E-state index in [0.29, 0.717) is 5.56 Å². The van der Waals surface area contributed by atoms with Crippen molar-refractivity contribution in [3.63, 3.8) is 0 Å². The first-order chi connectivity index (χ1) is 17.4. The van der Waals surface area contributed by atoms with Crippen LogP contribution in [0.1, 0.15) is 40.8 Å². The number of hydrogen-bond acceptors (Lipinski definition) is 5. The predicted molar refractivity (Wildman–Crippen MR) is 138 cm³/mol. The van der Waals surface area contributed by atoms with Gasteiger partial charge in [0.2, 0.25) is 0 Å². The van der Waals surface area contributed by atoms with Gasteiger partial charge in [-0.15, -0.1) is 0 Å². The number of benzene rings is 3.